The third-order valence-corrected chi connectivity index (χ3v) is 5.06. The van der Waals surface area contributed by atoms with Crippen LogP contribution in [0.15, 0.2) is 48.5 Å². The van der Waals surface area contributed by atoms with Gasteiger partial charge in [-0.25, -0.2) is 4.68 Å². The summed E-state index contributed by atoms with van der Waals surface area (Å²) in [6, 6.07) is 15.9. The molecule has 0 fully saturated rings. The molecule has 1 aromatic heterocycles. The quantitative estimate of drug-likeness (QED) is 0.647. The first kappa shape index (κ1) is 15.6. The molecule has 3 nitrogen and oxygen atoms in total. The number of anilines is 1. The predicted octanol–water partition coefficient (Wildman–Crippen LogP) is 5.59. The number of halogens is 2. The molecule has 0 unspecified atom stereocenters. The van der Waals surface area contributed by atoms with Gasteiger partial charge < -0.3 is 5.32 Å². The van der Waals surface area contributed by atoms with Crippen LogP contribution >= 0.6 is 23.2 Å². The minimum atomic E-state index is 0.535. The molecule has 0 saturated heterocycles. The smallest absolute Gasteiger partial charge is 0.133 e. The minimum Gasteiger partial charge on any atom is -0.370 e. The number of hydrogen-bond acceptors (Lipinski definition) is 2. The molecule has 0 aliphatic carbocycles. The van der Waals surface area contributed by atoms with Crippen molar-refractivity contribution in [3.63, 3.8) is 0 Å². The Kier molecular flexibility index (Phi) is 4.21. The summed E-state index contributed by atoms with van der Waals surface area (Å²) in [5.74, 6) is 1.06. The molecule has 1 aliphatic rings. The van der Waals surface area contributed by atoms with Crippen molar-refractivity contribution >= 4 is 29.0 Å². The summed E-state index contributed by atoms with van der Waals surface area (Å²) in [6.07, 6.45) is 3.34. The number of fused-ring (bicyclic) bond motifs is 1. The fraction of sp³-hybridized carbons (Fsp3) is 0.211. The Bertz CT molecular complexity index is 872. The molecule has 0 spiro atoms. The summed E-state index contributed by atoms with van der Waals surface area (Å²) < 4.78 is 1.95. The Labute approximate surface area is 151 Å². The van der Waals surface area contributed by atoms with E-state index in [2.05, 4.69) is 17.4 Å². The molecule has 5 heteroatoms. The number of aromatic nitrogens is 2. The van der Waals surface area contributed by atoms with Gasteiger partial charge in [0.2, 0.25) is 0 Å². The van der Waals surface area contributed by atoms with Crippen molar-refractivity contribution in [3.8, 4) is 16.9 Å². The van der Waals surface area contributed by atoms with Gasteiger partial charge in [-0.15, -0.1) is 0 Å². The fourth-order valence-electron chi connectivity index (χ4n) is 3.13. The zero-order chi connectivity index (χ0) is 16.5. The Morgan fingerprint density at radius 2 is 1.79 bits per heavy atom. The third-order valence-electron chi connectivity index (χ3n) is 4.32. The Morgan fingerprint density at radius 1 is 0.958 bits per heavy atom. The second-order valence-corrected chi connectivity index (χ2v) is 6.75. The fourth-order valence-corrected chi connectivity index (χ4v) is 3.43. The van der Waals surface area contributed by atoms with Crippen LogP contribution in [-0.4, -0.2) is 16.3 Å². The van der Waals surface area contributed by atoms with Crippen LogP contribution in [0.2, 0.25) is 10.0 Å². The van der Waals surface area contributed by atoms with E-state index in [4.69, 9.17) is 28.3 Å². The van der Waals surface area contributed by atoms with E-state index in [1.165, 1.54) is 5.56 Å². The van der Waals surface area contributed by atoms with E-state index in [9.17, 15) is 0 Å². The topological polar surface area (TPSA) is 29.9 Å². The number of nitrogens with zero attached hydrogens (tertiary/aromatic N) is 2. The van der Waals surface area contributed by atoms with Crippen LogP contribution in [-0.2, 0) is 6.42 Å². The molecule has 4 rings (SSSR count). The van der Waals surface area contributed by atoms with Crippen molar-refractivity contribution < 1.29 is 0 Å². The van der Waals surface area contributed by atoms with Crippen molar-refractivity contribution in [2.24, 2.45) is 0 Å². The second kappa shape index (κ2) is 6.50. The highest BCUT2D eigenvalue weighted by molar-refractivity contribution is 6.42. The van der Waals surface area contributed by atoms with E-state index in [0.29, 0.717) is 10.0 Å². The van der Waals surface area contributed by atoms with Crippen LogP contribution in [0, 0.1) is 0 Å². The van der Waals surface area contributed by atoms with Gasteiger partial charge in [0.25, 0.3) is 0 Å². The van der Waals surface area contributed by atoms with E-state index < -0.39 is 0 Å². The average molecular weight is 358 g/mol. The predicted molar refractivity (Wildman–Crippen MR) is 100 cm³/mol. The molecule has 1 N–H and O–H groups in total. The summed E-state index contributed by atoms with van der Waals surface area (Å²) in [6.45, 7) is 0.953. The lowest BCUT2D eigenvalue weighted by Gasteiger charge is -2.10. The van der Waals surface area contributed by atoms with Gasteiger partial charge in [-0.3, -0.25) is 0 Å². The van der Waals surface area contributed by atoms with Crippen molar-refractivity contribution in [3.05, 3.63) is 64.1 Å². The van der Waals surface area contributed by atoms with Gasteiger partial charge in [-0.2, -0.15) is 5.10 Å². The molecule has 0 radical (unpaired) electrons. The molecule has 0 saturated carbocycles. The van der Waals surface area contributed by atoms with Gasteiger partial charge in [0, 0.05) is 17.7 Å². The summed E-state index contributed by atoms with van der Waals surface area (Å²) in [5, 5.41) is 9.52. The summed E-state index contributed by atoms with van der Waals surface area (Å²) in [4.78, 5) is 0. The number of benzene rings is 2. The van der Waals surface area contributed by atoms with Crippen LogP contribution in [0.4, 0.5) is 5.82 Å². The number of hydrogen-bond donors (Lipinski definition) is 1. The molecule has 1 aliphatic heterocycles. The summed E-state index contributed by atoms with van der Waals surface area (Å²) >= 11 is 12.3. The van der Waals surface area contributed by atoms with Gasteiger partial charge in [-0.05, 0) is 37.5 Å². The second-order valence-electron chi connectivity index (χ2n) is 5.94. The molecular formula is C19H17Cl2N3. The van der Waals surface area contributed by atoms with Gasteiger partial charge in [-0.1, -0.05) is 53.5 Å². The maximum absolute atomic E-state index is 6.21. The van der Waals surface area contributed by atoms with E-state index in [0.717, 1.165) is 48.6 Å². The monoisotopic (exact) mass is 357 g/mol. The van der Waals surface area contributed by atoms with Crippen LogP contribution in [0.25, 0.3) is 16.9 Å². The molecule has 122 valence electrons. The zero-order valence-electron chi connectivity index (χ0n) is 13.1. The minimum absolute atomic E-state index is 0.535. The van der Waals surface area contributed by atoms with Gasteiger partial charge in [0.1, 0.15) is 5.82 Å². The zero-order valence-corrected chi connectivity index (χ0v) is 14.6. The first-order chi connectivity index (χ1) is 11.7. The van der Waals surface area contributed by atoms with E-state index in [1.54, 1.807) is 0 Å². The highest BCUT2D eigenvalue weighted by Crippen LogP contribution is 2.35. The van der Waals surface area contributed by atoms with E-state index in [-0.39, 0.29) is 0 Å². The Hall–Kier alpha value is -1.97. The molecule has 0 amide bonds. The normalized spacial score (nSPS) is 13.9. The first-order valence-electron chi connectivity index (χ1n) is 8.10. The molecule has 3 aromatic rings. The highest BCUT2D eigenvalue weighted by atomic mass is 35.5. The summed E-state index contributed by atoms with van der Waals surface area (Å²) in [7, 11) is 0. The maximum atomic E-state index is 6.21. The molecule has 2 heterocycles. The number of rotatable bonds is 2. The van der Waals surface area contributed by atoms with Gasteiger partial charge in [0.05, 0.1) is 21.4 Å². The number of nitrogens with one attached hydrogen (secondary N) is 1. The van der Waals surface area contributed by atoms with Gasteiger partial charge >= 0.3 is 0 Å². The first-order valence-corrected chi connectivity index (χ1v) is 8.86. The Morgan fingerprint density at radius 3 is 2.58 bits per heavy atom. The van der Waals surface area contributed by atoms with Crippen LogP contribution < -0.4 is 5.32 Å². The molecule has 0 bridgehead atoms. The largest absolute Gasteiger partial charge is 0.370 e. The van der Waals surface area contributed by atoms with E-state index in [1.807, 2.05) is 41.1 Å². The van der Waals surface area contributed by atoms with Crippen molar-refractivity contribution in [1.29, 1.82) is 0 Å². The third kappa shape index (κ3) is 2.79. The molecule has 24 heavy (non-hydrogen) atoms. The van der Waals surface area contributed by atoms with Crippen LogP contribution in [0.5, 0.6) is 0 Å². The van der Waals surface area contributed by atoms with Crippen LogP contribution in [0.1, 0.15) is 18.4 Å². The lowest BCUT2D eigenvalue weighted by Crippen LogP contribution is -2.07. The van der Waals surface area contributed by atoms with Crippen LogP contribution in [0.3, 0.4) is 0 Å². The standard InChI is InChI=1S/C19H17Cl2N3/c20-16-10-9-14(12-17(16)21)24-19-15(8-4-5-11-22-19)18(23-24)13-6-2-1-3-7-13/h1-3,6-7,9-10,12,22H,4-5,8,11H2. The van der Waals surface area contributed by atoms with Crippen molar-refractivity contribution in [1.82, 2.24) is 9.78 Å². The molecular weight excluding hydrogens is 341 g/mol. The van der Waals surface area contributed by atoms with Crippen molar-refractivity contribution in [2.75, 3.05) is 11.9 Å². The average Bonchev–Trinajstić information content (AvgIpc) is 2.80. The maximum Gasteiger partial charge on any atom is 0.133 e. The molecule has 0 atom stereocenters. The lowest BCUT2D eigenvalue weighted by molar-refractivity contribution is 0.780. The van der Waals surface area contributed by atoms with Gasteiger partial charge in [0.15, 0.2) is 0 Å². The highest BCUT2D eigenvalue weighted by Gasteiger charge is 2.21. The SMILES string of the molecule is Clc1ccc(-n2nc(-c3ccccc3)c3c2NCCCC3)cc1Cl. The summed E-state index contributed by atoms with van der Waals surface area (Å²) in [5.41, 5.74) is 4.35. The lowest BCUT2D eigenvalue weighted by atomic mass is 10.0. The van der Waals surface area contributed by atoms with E-state index >= 15 is 0 Å². The Balaban J connectivity index is 1.91. The van der Waals surface area contributed by atoms with Crippen molar-refractivity contribution in [2.45, 2.75) is 19.3 Å². The molecule has 2 aromatic carbocycles.